The zero-order valence-electron chi connectivity index (χ0n) is 14.7. The van der Waals surface area contributed by atoms with Gasteiger partial charge in [-0.05, 0) is 12.8 Å². The van der Waals surface area contributed by atoms with Crippen molar-refractivity contribution in [3.63, 3.8) is 0 Å². The predicted molar refractivity (Wildman–Crippen MR) is 103 cm³/mol. The fourth-order valence-electron chi connectivity index (χ4n) is 1.18. The van der Waals surface area contributed by atoms with Crippen molar-refractivity contribution >= 4 is 32.6 Å². The molecule has 0 saturated heterocycles. The summed E-state index contributed by atoms with van der Waals surface area (Å²) < 4.78 is 0. The lowest BCUT2D eigenvalue weighted by Gasteiger charge is -2.17. The average Bonchev–Trinajstić information content (AvgIpc) is 2.60. The molecule has 9 heteroatoms. The van der Waals surface area contributed by atoms with Crippen molar-refractivity contribution in [3.8, 4) is 0 Å². The number of nitrogens with two attached hydrogens (primary N) is 1. The monoisotopic (exact) mass is 358 g/mol. The van der Waals surface area contributed by atoms with E-state index in [0.717, 1.165) is 0 Å². The van der Waals surface area contributed by atoms with Gasteiger partial charge < -0.3 is 26.5 Å². The fraction of sp³-hybridized carbons (Fsp3) is 0.714. The number of hydrogen-bond acceptors (Lipinski definition) is 5. The first-order valence-electron chi connectivity index (χ1n) is 7.67. The second kappa shape index (κ2) is 20.5. The van der Waals surface area contributed by atoms with Crippen molar-refractivity contribution in [3.05, 3.63) is 0 Å². The van der Waals surface area contributed by atoms with Crippen LogP contribution in [-0.4, -0.2) is 62.5 Å². The molecule has 0 aromatic heterocycles. The van der Waals surface area contributed by atoms with Crippen LogP contribution in [0.3, 0.4) is 0 Å². The van der Waals surface area contributed by atoms with E-state index >= 15 is 0 Å². The first-order chi connectivity index (χ1) is 11.0. The Hall–Kier alpha value is -1.53. The SMILES string of the molecule is CC.CC.CPCC(NC(=O)CNC(=O)CN)C(=O)NCC=O.[HH].[HH].[HH].[HH]. The van der Waals surface area contributed by atoms with Crippen LogP contribution in [0.25, 0.3) is 0 Å². The minimum Gasteiger partial charge on any atom is -0.348 e. The third kappa shape index (κ3) is 16.7. The molecule has 0 aromatic rings. The van der Waals surface area contributed by atoms with E-state index in [2.05, 4.69) is 16.0 Å². The highest BCUT2D eigenvalue weighted by atomic mass is 31.1. The van der Waals surface area contributed by atoms with Gasteiger partial charge in [-0.1, -0.05) is 27.7 Å². The number of carbonyl (C=O) groups excluding carboxylic acids is 4. The number of carbonyl (C=O) groups is 4. The Morgan fingerprint density at radius 2 is 1.70 bits per heavy atom. The van der Waals surface area contributed by atoms with E-state index in [-0.39, 0.29) is 25.3 Å². The number of aldehydes is 1. The van der Waals surface area contributed by atoms with Crippen molar-refractivity contribution in [1.82, 2.24) is 16.0 Å². The molecule has 0 fully saturated rings. The standard InChI is InChI=1S/C10H19N4O4P.2C2H6.4H2/c1-19-6-7(10(18)12-2-3-15)14-9(17)5-13-8(16)4-11;2*1-2;;;;/h3,7,19H,2,4-6,11H2,1H3,(H,12,18)(H,13,16)(H,14,17);2*1-2H3;4*1H. The summed E-state index contributed by atoms with van der Waals surface area (Å²) in [6.45, 7) is 9.36. The van der Waals surface area contributed by atoms with E-state index in [4.69, 9.17) is 5.73 Å². The smallest absolute Gasteiger partial charge is 0.243 e. The Kier molecular flexibility index (Phi) is 23.5. The van der Waals surface area contributed by atoms with Gasteiger partial charge in [-0.3, -0.25) is 14.4 Å². The van der Waals surface area contributed by atoms with Crippen molar-refractivity contribution in [2.75, 3.05) is 32.5 Å². The maximum absolute atomic E-state index is 11.6. The highest BCUT2D eigenvalue weighted by Crippen LogP contribution is 2.04. The quantitative estimate of drug-likeness (QED) is 0.346. The lowest BCUT2D eigenvalue weighted by Crippen LogP contribution is -2.51. The lowest BCUT2D eigenvalue weighted by molar-refractivity contribution is -0.129. The van der Waals surface area contributed by atoms with Gasteiger partial charge >= 0.3 is 0 Å². The van der Waals surface area contributed by atoms with Crippen molar-refractivity contribution in [2.45, 2.75) is 33.7 Å². The molecule has 0 aliphatic heterocycles. The van der Waals surface area contributed by atoms with E-state index in [1.165, 1.54) is 0 Å². The molecule has 0 aliphatic rings. The van der Waals surface area contributed by atoms with E-state index in [1.54, 1.807) is 0 Å². The molecule has 144 valence electrons. The molecule has 0 spiro atoms. The first-order valence-corrected chi connectivity index (χ1v) is 9.38. The van der Waals surface area contributed by atoms with Gasteiger partial charge in [0.15, 0.2) is 0 Å². The molecule has 8 nitrogen and oxygen atoms in total. The maximum atomic E-state index is 11.6. The number of amides is 3. The summed E-state index contributed by atoms with van der Waals surface area (Å²) in [6, 6.07) is -0.703. The van der Waals surface area contributed by atoms with Crippen LogP contribution in [0.4, 0.5) is 0 Å². The second-order valence-corrected chi connectivity index (χ2v) is 4.69. The van der Waals surface area contributed by atoms with Crippen LogP contribution in [-0.2, 0) is 19.2 Å². The van der Waals surface area contributed by atoms with Crippen LogP contribution in [0.1, 0.15) is 33.4 Å². The van der Waals surface area contributed by atoms with Gasteiger partial charge in [-0.2, -0.15) is 0 Å². The highest BCUT2D eigenvalue weighted by molar-refractivity contribution is 7.37. The minimum absolute atomic E-state index is 0. The van der Waals surface area contributed by atoms with Crippen LogP contribution in [0, 0.1) is 0 Å². The first kappa shape index (κ1) is 26.4. The Balaban J connectivity index is -0.0000000932. The Morgan fingerprint density at radius 3 is 2.13 bits per heavy atom. The summed E-state index contributed by atoms with van der Waals surface area (Å²) in [5.74, 6) is -1.35. The Morgan fingerprint density at radius 1 is 1.13 bits per heavy atom. The number of rotatable bonds is 9. The van der Waals surface area contributed by atoms with Crippen molar-refractivity contribution < 1.29 is 24.9 Å². The van der Waals surface area contributed by atoms with Crippen molar-refractivity contribution in [2.24, 2.45) is 5.73 Å². The molecule has 2 unspecified atom stereocenters. The van der Waals surface area contributed by atoms with Gasteiger partial charge in [0, 0.05) is 5.71 Å². The zero-order valence-corrected chi connectivity index (χ0v) is 15.7. The van der Waals surface area contributed by atoms with E-state index in [1.807, 2.05) is 34.4 Å². The summed E-state index contributed by atoms with van der Waals surface area (Å²) in [6.07, 6.45) is 1.04. The molecule has 0 aromatic carbocycles. The third-order valence-electron chi connectivity index (χ3n) is 2.05. The molecule has 0 heterocycles. The summed E-state index contributed by atoms with van der Waals surface area (Å²) >= 11 is 0. The van der Waals surface area contributed by atoms with Gasteiger partial charge in [-0.15, -0.1) is 8.58 Å². The molecule has 2 atom stereocenters. The largest absolute Gasteiger partial charge is 0.348 e. The molecule has 0 aliphatic carbocycles. The van der Waals surface area contributed by atoms with E-state index in [9.17, 15) is 19.2 Å². The minimum atomic E-state index is -0.703. The maximum Gasteiger partial charge on any atom is 0.243 e. The lowest BCUT2D eigenvalue weighted by atomic mass is 10.3. The second-order valence-electron chi connectivity index (χ2n) is 3.57. The van der Waals surface area contributed by atoms with Crippen LogP contribution in [0.15, 0.2) is 0 Å². The van der Waals surface area contributed by atoms with E-state index in [0.29, 0.717) is 21.0 Å². The molecule has 0 saturated carbocycles. The highest BCUT2D eigenvalue weighted by Gasteiger charge is 2.19. The molecule has 3 amide bonds. The molecule has 0 bridgehead atoms. The van der Waals surface area contributed by atoms with Gasteiger partial charge in [0.05, 0.1) is 19.6 Å². The van der Waals surface area contributed by atoms with Crippen LogP contribution < -0.4 is 21.7 Å². The van der Waals surface area contributed by atoms with Crippen LogP contribution in [0.2, 0.25) is 0 Å². The molecule has 23 heavy (non-hydrogen) atoms. The van der Waals surface area contributed by atoms with Gasteiger partial charge in [-0.25, -0.2) is 0 Å². The molecule has 0 radical (unpaired) electrons. The molecular weight excluding hydrogens is 319 g/mol. The Labute approximate surface area is 146 Å². The molecular formula is C14H39N4O4P. The molecule has 0 rings (SSSR count). The number of nitrogens with one attached hydrogen (secondary N) is 3. The van der Waals surface area contributed by atoms with Gasteiger partial charge in [0.25, 0.3) is 0 Å². The Bertz CT molecular complexity index is 357. The topological polar surface area (TPSA) is 130 Å². The zero-order chi connectivity index (χ0) is 18.7. The van der Waals surface area contributed by atoms with Crippen molar-refractivity contribution in [1.29, 1.82) is 0 Å². The average molecular weight is 358 g/mol. The summed E-state index contributed by atoms with van der Waals surface area (Å²) in [5.41, 5.74) is 5.07. The summed E-state index contributed by atoms with van der Waals surface area (Å²) in [4.78, 5) is 44.2. The molecule has 5 N–H and O–H groups in total. The van der Waals surface area contributed by atoms with Crippen LogP contribution in [0.5, 0.6) is 0 Å². The third-order valence-corrected chi connectivity index (χ3v) is 2.87. The van der Waals surface area contributed by atoms with E-state index < -0.39 is 23.8 Å². The fourth-order valence-corrected chi connectivity index (χ4v) is 1.87. The predicted octanol–water partition coefficient (Wildman–Crippen LogP) is 0.206. The van der Waals surface area contributed by atoms with Gasteiger partial charge in [0.2, 0.25) is 17.7 Å². The van der Waals surface area contributed by atoms with Gasteiger partial charge in [0.1, 0.15) is 12.3 Å². The normalized spacial score (nSPS) is 10.3. The summed E-state index contributed by atoms with van der Waals surface area (Å²) in [5, 5.41) is 7.16. The van der Waals surface area contributed by atoms with Crippen LogP contribution >= 0.6 is 8.58 Å². The number of hydrogen-bond donors (Lipinski definition) is 4. The summed E-state index contributed by atoms with van der Waals surface area (Å²) in [7, 11) is 0.462.